The minimum absolute atomic E-state index is 0.129. The van der Waals surface area contributed by atoms with Gasteiger partial charge >= 0.3 is 5.97 Å². The van der Waals surface area contributed by atoms with E-state index in [1.807, 2.05) is 0 Å². The number of aliphatic carboxylic acids is 1. The van der Waals surface area contributed by atoms with E-state index in [9.17, 15) is 9.59 Å². The molecule has 0 rings (SSSR count). The Labute approximate surface area is 64.6 Å². The van der Waals surface area contributed by atoms with Crippen molar-refractivity contribution in [3.63, 3.8) is 0 Å². The van der Waals surface area contributed by atoms with Crippen LogP contribution in [0.3, 0.4) is 0 Å². The van der Waals surface area contributed by atoms with Crippen molar-refractivity contribution >= 4 is 11.9 Å². The highest BCUT2D eigenvalue weighted by Gasteiger charge is 2.11. The van der Waals surface area contributed by atoms with E-state index in [4.69, 9.17) is 10.8 Å². The van der Waals surface area contributed by atoms with E-state index < -0.39 is 12.0 Å². The van der Waals surface area contributed by atoms with Crippen LogP contribution >= 0.6 is 0 Å². The summed E-state index contributed by atoms with van der Waals surface area (Å²) in [7, 11) is 0. The summed E-state index contributed by atoms with van der Waals surface area (Å²) in [5.74, 6) is -1.23. The Morgan fingerprint density at radius 3 is 2.45 bits per heavy atom. The molecular weight excluding hydrogens is 148 g/mol. The van der Waals surface area contributed by atoms with Crippen LogP contribution in [0.1, 0.15) is 13.3 Å². The molecule has 1 atom stereocenters. The minimum Gasteiger partial charge on any atom is -0.481 e. The summed E-state index contributed by atoms with van der Waals surface area (Å²) in [6.45, 7) is 1.47. The van der Waals surface area contributed by atoms with Gasteiger partial charge in [-0.05, 0) is 0 Å². The van der Waals surface area contributed by atoms with E-state index in [2.05, 4.69) is 5.32 Å². The molecule has 0 aromatic rings. The Kier molecular flexibility index (Phi) is 4.21. The second-order valence-electron chi connectivity index (χ2n) is 2.23. The first-order chi connectivity index (χ1) is 5.06. The van der Waals surface area contributed by atoms with E-state index in [1.54, 1.807) is 0 Å². The van der Waals surface area contributed by atoms with Crippen molar-refractivity contribution in [1.29, 1.82) is 0 Å². The lowest BCUT2D eigenvalue weighted by Crippen LogP contribution is -2.40. The summed E-state index contributed by atoms with van der Waals surface area (Å²) in [6.07, 6.45) is -0.129. The van der Waals surface area contributed by atoms with E-state index in [0.717, 1.165) is 0 Å². The average molecular weight is 160 g/mol. The fraction of sp³-hybridized carbons (Fsp3) is 0.667. The summed E-state index contributed by atoms with van der Waals surface area (Å²) in [5.41, 5.74) is 5.19. The van der Waals surface area contributed by atoms with Gasteiger partial charge in [0.1, 0.15) is 0 Å². The molecule has 1 amide bonds. The van der Waals surface area contributed by atoms with Crippen LogP contribution in [0.2, 0.25) is 0 Å². The van der Waals surface area contributed by atoms with Crippen LogP contribution in [0.15, 0.2) is 0 Å². The number of carbonyl (C=O) groups excluding carboxylic acids is 1. The Bertz CT molecular complexity index is 142. The number of carboxylic acid groups (broad SMARTS) is 1. The molecule has 0 aliphatic carbocycles. The van der Waals surface area contributed by atoms with Crippen molar-refractivity contribution < 1.29 is 14.7 Å². The van der Waals surface area contributed by atoms with Crippen molar-refractivity contribution in [3.05, 3.63) is 0 Å². The first-order valence-corrected chi connectivity index (χ1v) is 3.25. The van der Waals surface area contributed by atoms with Crippen LogP contribution in [0.25, 0.3) is 0 Å². The summed E-state index contributed by atoms with van der Waals surface area (Å²) >= 11 is 0. The first kappa shape index (κ1) is 9.90. The smallest absolute Gasteiger partial charge is 0.305 e. The monoisotopic (exact) mass is 160 g/mol. The van der Waals surface area contributed by atoms with Gasteiger partial charge in [-0.15, -0.1) is 0 Å². The molecule has 0 fully saturated rings. The zero-order chi connectivity index (χ0) is 8.85. The Hall–Kier alpha value is -1.10. The molecule has 0 heterocycles. The number of hydrogen-bond donors (Lipinski definition) is 3. The van der Waals surface area contributed by atoms with Crippen molar-refractivity contribution in [2.75, 3.05) is 6.54 Å². The van der Waals surface area contributed by atoms with Gasteiger partial charge in [0.15, 0.2) is 0 Å². The maximum atomic E-state index is 10.4. The Morgan fingerprint density at radius 2 is 2.18 bits per heavy atom. The van der Waals surface area contributed by atoms with E-state index >= 15 is 0 Å². The number of amides is 1. The molecule has 0 spiro atoms. The predicted octanol–water partition coefficient (Wildman–Crippen LogP) is -1.08. The third-order valence-corrected chi connectivity index (χ3v) is 1.11. The predicted molar refractivity (Wildman–Crippen MR) is 38.9 cm³/mol. The number of rotatable bonds is 4. The molecule has 0 aromatic heterocycles. The lowest BCUT2D eigenvalue weighted by atomic mass is 10.2. The van der Waals surface area contributed by atoms with Gasteiger partial charge in [-0.3, -0.25) is 9.59 Å². The molecule has 11 heavy (non-hydrogen) atoms. The van der Waals surface area contributed by atoms with Crippen molar-refractivity contribution in [2.24, 2.45) is 5.73 Å². The van der Waals surface area contributed by atoms with Crippen LogP contribution in [0.5, 0.6) is 0 Å². The second-order valence-corrected chi connectivity index (χ2v) is 2.23. The lowest BCUT2D eigenvalue weighted by Gasteiger charge is -2.12. The number of carboxylic acids is 1. The molecule has 0 aromatic carbocycles. The number of nitrogens with one attached hydrogen (secondary N) is 1. The number of carbonyl (C=O) groups is 2. The fourth-order valence-corrected chi connectivity index (χ4v) is 0.692. The SMILES string of the molecule is CC(=O)N[C@@H](CN)CC(=O)O. The van der Waals surface area contributed by atoms with Crippen molar-refractivity contribution in [1.82, 2.24) is 5.32 Å². The van der Waals surface area contributed by atoms with E-state index in [1.165, 1.54) is 6.92 Å². The molecule has 5 nitrogen and oxygen atoms in total. The normalized spacial score (nSPS) is 12.2. The summed E-state index contributed by atoms with van der Waals surface area (Å²) in [5, 5.41) is 10.7. The minimum atomic E-state index is -0.964. The molecule has 0 aliphatic heterocycles. The van der Waals surface area contributed by atoms with Gasteiger partial charge < -0.3 is 16.2 Å². The zero-order valence-corrected chi connectivity index (χ0v) is 6.33. The molecule has 0 radical (unpaired) electrons. The molecular formula is C6H12N2O3. The van der Waals surface area contributed by atoms with Crippen molar-refractivity contribution in [2.45, 2.75) is 19.4 Å². The van der Waals surface area contributed by atoms with Gasteiger partial charge in [-0.25, -0.2) is 0 Å². The second kappa shape index (κ2) is 4.68. The topological polar surface area (TPSA) is 92.4 Å². The largest absolute Gasteiger partial charge is 0.481 e. The van der Waals surface area contributed by atoms with Gasteiger partial charge in [-0.1, -0.05) is 0 Å². The summed E-state index contributed by atoms with van der Waals surface area (Å²) in [4.78, 5) is 20.6. The summed E-state index contributed by atoms with van der Waals surface area (Å²) < 4.78 is 0. The molecule has 5 heteroatoms. The maximum Gasteiger partial charge on any atom is 0.305 e. The van der Waals surface area contributed by atoms with Crippen molar-refractivity contribution in [3.8, 4) is 0 Å². The Balaban J connectivity index is 3.76. The molecule has 0 unspecified atom stereocenters. The van der Waals surface area contributed by atoms with Crippen LogP contribution in [0, 0.1) is 0 Å². The highest BCUT2D eigenvalue weighted by molar-refractivity contribution is 5.74. The van der Waals surface area contributed by atoms with Crippen LogP contribution < -0.4 is 11.1 Å². The lowest BCUT2D eigenvalue weighted by molar-refractivity contribution is -0.137. The van der Waals surface area contributed by atoms with Crippen LogP contribution in [0.4, 0.5) is 0 Å². The van der Waals surface area contributed by atoms with Gasteiger partial charge in [-0.2, -0.15) is 0 Å². The molecule has 0 bridgehead atoms. The van der Waals surface area contributed by atoms with Crippen LogP contribution in [-0.4, -0.2) is 29.6 Å². The average Bonchev–Trinajstić information content (AvgIpc) is 1.84. The number of nitrogens with two attached hydrogens (primary N) is 1. The van der Waals surface area contributed by atoms with Crippen LogP contribution in [-0.2, 0) is 9.59 Å². The summed E-state index contributed by atoms with van der Waals surface area (Å²) in [6, 6.07) is -0.454. The highest BCUT2D eigenvalue weighted by Crippen LogP contribution is 1.88. The molecule has 64 valence electrons. The first-order valence-electron chi connectivity index (χ1n) is 3.25. The Morgan fingerprint density at radius 1 is 1.64 bits per heavy atom. The molecule has 0 saturated heterocycles. The third-order valence-electron chi connectivity index (χ3n) is 1.11. The highest BCUT2D eigenvalue weighted by atomic mass is 16.4. The van der Waals surface area contributed by atoms with Gasteiger partial charge in [0, 0.05) is 13.5 Å². The number of hydrogen-bond acceptors (Lipinski definition) is 3. The zero-order valence-electron chi connectivity index (χ0n) is 6.33. The fourth-order valence-electron chi connectivity index (χ4n) is 0.692. The van der Waals surface area contributed by atoms with E-state index in [0.29, 0.717) is 0 Å². The standard InChI is InChI=1S/C6H12N2O3/c1-4(9)8-5(3-7)2-6(10)11/h5H,2-3,7H2,1H3,(H,8,9)(H,10,11)/t5-/m1/s1. The molecule has 4 N–H and O–H groups in total. The maximum absolute atomic E-state index is 10.4. The van der Waals surface area contributed by atoms with Gasteiger partial charge in [0.25, 0.3) is 0 Å². The molecule has 0 saturated carbocycles. The van der Waals surface area contributed by atoms with Gasteiger partial charge in [0.2, 0.25) is 5.91 Å². The quantitative estimate of drug-likeness (QED) is 0.488. The molecule has 0 aliphatic rings. The third kappa shape index (κ3) is 5.35. The van der Waals surface area contributed by atoms with E-state index in [-0.39, 0.29) is 18.9 Å². The van der Waals surface area contributed by atoms with Gasteiger partial charge in [0.05, 0.1) is 12.5 Å².